The number of thioether (sulfide) groups is 1. The molecule has 1 saturated heterocycles. The summed E-state index contributed by atoms with van der Waals surface area (Å²) < 4.78 is 32.0. The molecule has 0 unspecified atom stereocenters. The van der Waals surface area contributed by atoms with Gasteiger partial charge in [0.15, 0.2) is 17.5 Å². The maximum absolute atomic E-state index is 14.5. The van der Waals surface area contributed by atoms with Crippen molar-refractivity contribution in [1.29, 1.82) is 0 Å². The average molecular weight is 472 g/mol. The van der Waals surface area contributed by atoms with Gasteiger partial charge < -0.3 is 19.5 Å². The summed E-state index contributed by atoms with van der Waals surface area (Å²) in [6.07, 6.45) is 7.11. The van der Waals surface area contributed by atoms with Crippen LogP contribution in [0.15, 0.2) is 23.5 Å². The minimum Gasteiger partial charge on any atom is -0.479 e. The van der Waals surface area contributed by atoms with Crippen molar-refractivity contribution in [3.8, 4) is 0 Å². The van der Waals surface area contributed by atoms with Gasteiger partial charge in [-0.25, -0.2) is 9.18 Å². The molecular formula is C22H34FN3O5S. The summed E-state index contributed by atoms with van der Waals surface area (Å²) in [5.74, 6) is -0.975. The minimum atomic E-state index is -0.725. The summed E-state index contributed by atoms with van der Waals surface area (Å²) in [5, 5.41) is 2.61. The van der Waals surface area contributed by atoms with Crippen molar-refractivity contribution in [2.45, 2.75) is 71.0 Å². The zero-order valence-electron chi connectivity index (χ0n) is 19.1. The molecule has 0 spiro atoms. The lowest BCUT2D eigenvalue weighted by atomic mass is 10.1. The zero-order valence-corrected chi connectivity index (χ0v) is 19.9. The topological polar surface area (TPSA) is 91.7 Å². The lowest BCUT2D eigenvalue weighted by Gasteiger charge is -2.16. The molecule has 1 aromatic rings. The van der Waals surface area contributed by atoms with E-state index >= 15 is 0 Å². The van der Waals surface area contributed by atoms with Crippen molar-refractivity contribution in [3.63, 3.8) is 0 Å². The number of halogens is 1. The van der Waals surface area contributed by atoms with E-state index in [1.54, 1.807) is 13.8 Å². The quantitative estimate of drug-likeness (QED) is 0.242. The van der Waals surface area contributed by atoms with Crippen molar-refractivity contribution in [1.82, 2.24) is 9.55 Å². The summed E-state index contributed by atoms with van der Waals surface area (Å²) in [5.41, 5.74) is -1.09. The van der Waals surface area contributed by atoms with E-state index in [2.05, 4.69) is 23.8 Å². The number of esters is 1. The van der Waals surface area contributed by atoms with Gasteiger partial charge in [0.2, 0.25) is 0 Å². The van der Waals surface area contributed by atoms with Crippen LogP contribution in [0.3, 0.4) is 0 Å². The number of anilines is 1. The van der Waals surface area contributed by atoms with E-state index in [1.165, 1.54) is 31.0 Å². The normalized spacial score (nSPS) is 18.0. The highest BCUT2D eigenvalue weighted by molar-refractivity contribution is 8.00. The van der Waals surface area contributed by atoms with Gasteiger partial charge in [-0.05, 0) is 13.0 Å². The van der Waals surface area contributed by atoms with Crippen LogP contribution >= 0.6 is 11.8 Å². The van der Waals surface area contributed by atoms with Gasteiger partial charge in [0.25, 0.3) is 0 Å². The molecule has 10 heteroatoms. The first-order valence-corrected chi connectivity index (χ1v) is 12.2. The number of nitrogens with zero attached hydrogens (tertiary/aromatic N) is 2. The van der Waals surface area contributed by atoms with E-state index in [0.29, 0.717) is 12.4 Å². The predicted molar refractivity (Wildman–Crippen MR) is 123 cm³/mol. The molecule has 2 rings (SSSR count). The highest BCUT2D eigenvalue weighted by Crippen LogP contribution is 2.31. The van der Waals surface area contributed by atoms with Crippen LogP contribution in [-0.4, -0.2) is 39.9 Å². The third kappa shape index (κ3) is 8.46. The number of hydrogen-bond acceptors (Lipinski definition) is 8. The molecule has 180 valence electrons. The van der Waals surface area contributed by atoms with E-state index < -0.39 is 23.2 Å². The molecule has 0 amide bonds. The second kappa shape index (κ2) is 13.5. The Morgan fingerprint density at radius 3 is 2.78 bits per heavy atom. The SMILES string of the molecule is C=C(Nc1nc(=O)n([C@@H]2CS[C@H](COC(=O)C(C)C)O2)cc1F)OCCCCCCCC. The summed E-state index contributed by atoms with van der Waals surface area (Å²) in [6.45, 7) is 9.90. The van der Waals surface area contributed by atoms with Gasteiger partial charge >= 0.3 is 11.7 Å². The monoisotopic (exact) mass is 471 g/mol. The zero-order chi connectivity index (χ0) is 23.5. The highest BCUT2D eigenvalue weighted by Gasteiger charge is 2.30. The fourth-order valence-corrected chi connectivity index (χ4v) is 3.97. The Labute approximate surface area is 192 Å². The van der Waals surface area contributed by atoms with Crippen LogP contribution in [0.4, 0.5) is 10.2 Å². The van der Waals surface area contributed by atoms with Crippen LogP contribution < -0.4 is 11.0 Å². The first-order valence-electron chi connectivity index (χ1n) is 11.1. The summed E-state index contributed by atoms with van der Waals surface area (Å²) in [7, 11) is 0. The van der Waals surface area contributed by atoms with Crippen LogP contribution in [-0.2, 0) is 19.0 Å². The predicted octanol–water partition coefficient (Wildman–Crippen LogP) is 4.43. The Morgan fingerprint density at radius 2 is 2.06 bits per heavy atom. The Morgan fingerprint density at radius 1 is 1.34 bits per heavy atom. The number of nitrogens with one attached hydrogen (secondary N) is 1. The van der Waals surface area contributed by atoms with Gasteiger partial charge in [-0.3, -0.25) is 9.36 Å². The van der Waals surface area contributed by atoms with Gasteiger partial charge in [-0.1, -0.05) is 52.9 Å². The maximum Gasteiger partial charge on any atom is 0.351 e. The Hall–Kier alpha value is -2.07. The van der Waals surface area contributed by atoms with E-state index in [1.807, 2.05) is 0 Å². The molecule has 1 fully saturated rings. The largest absolute Gasteiger partial charge is 0.479 e. The second-order valence-electron chi connectivity index (χ2n) is 7.93. The standard InChI is InChI=1S/C22H34FN3O5S/c1-5-6-7-8-9-10-11-29-16(4)24-20-17(23)12-26(22(28)25-20)18-14-32-19(31-18)13-30-21(27)15(2)3/h12,15,18-19H,4-11,13-14H2,1-3H3,(H,24,25,28)/t18-,19+/m0/s1. The second-order valence-corrected chi connectivity index (χ2v) is 9.12. The molecule has 0 saturated carbocycles. The number of carbonyl (C=O) groups is 1. The minimum absolute atomic E-state index is 0.0677. The third-order valence-electron chi connectivity index (χ3n) is 4.82. The van der Waals surface area contributed by atoms with Crippen LogP contribution in [0, 0.1) is 11.7 Å². The van der Waals surface area contributed by atoms with Gasteiger partial charge in [0.05, 0.1) is 18.7 Å². The Balaban J connectivity index is 1.82. The summed E-state index contributed by atoms with van der Waals surface area (Å²) >= 11 is 1.39. The molecule has 1 aliphatic heterocycles. The fourth-order valence-electron chi connectivity index (χ4n) is 2.98. The van der Waals surface area contributed by atoms with Crippen molar-refractivity contribution >= 4 is 23.5 Å². The molecule has 32 heavy (non-hydrogen) atoms. The molecule has 0 bridgehead atoms. The summed E-state index contributed by atoms with van der Waals surface area (Å²) in [4.78, 5) is 27.8. The molecule has 1 N–H and O–H groups in total. The number of unbranched alkanes of at least 4 members (excludes halogenated alkanes) is 5. The molecule has 2 atom stereocenters. The lowest BCUT2D eigenvalue weighted by molar-refractivity contribution is -0.150. The van der Waals surface area contributed by atoms with Crippen molar-refractivity contribution < 1.29 is 23.4 Å². The Bertz CT molecular complexity index is 817. The van der Waals surface area contributed by atoms with Crippen LogP contribution in [0.25, 0.3) is 0 Å². The number of rotatable bonds is 14. The van der Waals surface area contributed by atoms with Gasteiger partial charge in [0.1, 0.15) is 18.3 Å². The van der Waals surface area contributed by atoms with Crippen molar-refractivity contribution in [2.75, 3.05) is 24.3 Å². The molecule has 1 aliphatic rings. The molecule has 0 aromatic carbocycles. The van der Waals surface area contributed by atoms with Crippen LogP contribution in [0.1, 0.15) is 65.5 Å². The lowest BCUT2D eigenvalue weighted by Crippen LogP contribution is -2.30. The van der Waals surface area contributed by atoms with Crippen LogP contribution in [0.5, 0.6) is 0 Å². The number of carbonyl (C=O) groups excluding carboxylic acids is 1. The Kier molecular flexibility index (Phi) is 11.0. The molecule has 0 aliphatic carbocycles. The van der Waals surface area contributed by atoms with Crippen molar-refractivity contribution in [3.05, 3.63) is 35.0 Å². The number of ether oxygens (including phenoxy) is 3. The van der Waals surface area contributed by atoms with Gasteiger partial charge in [0, 0.05) is 5.75 Å². The van der Waals surface area contributed by atoms with Crippen molar-refractivity contribution in [2.24, 2.45) is 5.92 Å². The van der Waals surface area contributed by atoms with Crippen LogP contribution in [0.2, 0.25) is 0 Å². The average Bonchev–Trinajstić information content (AvgIpc) is 3.22. The van der Waals surface area contributed by atoms with Gasteiger partial charge in [-0.2, -0.15) is 4.98 Å². The van der Waals surface area contributed by atoms with Gasteiger partial charge in [-0.15, -0.1) is 11.8 Å². The first-order chi connectivity index (χ1) is 15.3. The molecule has 1 aromatic heterocycles. The third-order valence-corrected chi connectivity index (χ3v) is 5.91. The molecule has 2 heterocycles. The summed E-state index contributed by atoms with van der Waals surface area (Å²) in [6, 6.07) is 0. The van der Waals surface area contributed by atoms with E-state index in [0.717, 1.165) is 30.0 Å². The first kappa shape index (κ1) is 26.2. The van der Waals surface area contributed by atoms with E-state index in [-0.39, 0.29) is 30.2 Å². The smallest absolute Gasteiger partial charge is 0.351 e. The molecule has 8 nitrogen and oxygen atoms in total. The fraction of sp³-hybridized carbons (Fsp3) is 0.682. The van der Waals surface area contributed by atoms with E-state index in [4.69, 9.17) is 14.2 Å². The highest BCUT2D eigenvalue weighted by atomic mass is 32.2. The molecular weight excluding hydrogens is 437 g/mol. The molecule has 0 radical (unpaired) electrons. The number of aromatic nitrogens is 2. The maximum atomic E-state index is 14.5. The van der Waals surface area contributed by atoms with E-state index in [9.17, 15) is 14.0 Å². The number of hydrogen-bond donors (Lipinski definition) is 1.